The van der Waals surface area contributed by atoms with Crippen LogP contribution in [0.1, 0.15) is 49.9 Å². The van der Waals surface area contributed by atoms with Crippen LogP contribution in [0.3, 0.4) is 0 Å². The van der Waals surface area contributed by atoms with Gasteiger partial charge in [-0.1, -0.05) is 17.7 Å². The molecule has 1 saturated carbocycles. The Hall–Kier alpha value is -3.13. The van der Waals surface area contributed by atoms with Crippen molar-refractivity contribution in [3.8, 4) is 5.75 Å². The van der Waals surface area contributed by atoms with E-state index < -0.39 is 0 Å². The fourth-order valence-electron chi connectivity index (χ4n) is 6.45. The minimum atomic E-state index is -0.380. The monoisotopic (exact) mass is 551 g/mol. The highest BCUT2D eigenvalue weighted by Gasteiger charge is 2.43. The number of fused-ring (bicyclic) bond motifs is 1. The number of halogens is 2. The van der Waals surface area contributed by atoms with Gasteiger partial charge < -0.3 is 19.1 Å². The van der Waals surface area contributed by atoms with E-state index in [2.05, 4.69) is 19.4 Å². The number of hydrogen-bond donors (Lipinski definition) is 0. The average molecular weight is 552 g/mol. The summed E-state index contributed by atoms with van der Waals surface area (Å²) in [6.45, 7) is 5.98. The maximum atomic E-state index is 14.9. The van der Waals surface area contributed by atoms with Crippen molar-refractivity contribution < 1.29 is 13.9 Å². The summed E-state index contributed by atoms with van der Waals surface area (Å²) in [5.41, 5.74) is 1.54. The molecule has 4 heterocycles. The van der Waals surface area contributed by atoms with E-state index in [1.54, 1.807) is 24.5 Å². The zero-order valence-electron chi connectivity index (χ0n) is 22.3. The molecule has 0 radical (unpaired) electrons. The van der Waals surface area contributed by atoms with Crippen molar-refractivity contribution in [3.63, 3.8) is 0 Å². The second-order valence-corrected chi connectivity index (χ2v) is 11.6. The fourth-order valence-corrected chi connectivity index (χ4v) is 6.55. The van der Waals surface area contributed by atoms with Crippen molar-refractivity contribution in [3.05, 3.63) is 71.0 Å². The standard InChI is InChI=1S/C30H35ClFN5O2/c1-20-28-3-2-9-35(28)12-13-37(20)29(38)16-23-4-5-25(17-27(23)32)39-14-8-22-15-26(22)21-6-10-36(11-7-21)30-33-18-24(31)19-34-30/h2-5,9,17-22,26H,6-8,10-16H2,1H3/t20?,22-,26?/m1/s1. The molecule has 1 aromatic carbocycles. The molecule has 3 aromatic rings. The van der Waals surface area contributed by atoms with Crippen molar-refractivity contribution >= 4 is 23.5 Å². The molecule has 9 heteroatoms. The highest BCUT2D eigenvalue weighted by molar-refractivity contribution is 6.30. The van der Waals surface area contributed by atoms with Crippen LogP contribution in [-0.4, -0.2) is 51.6 Å². The molecule has 1 aliphatic carbocycles. The van der Waals surface area contributed by atoms with E-state index >= 15 is 0 Å². The number of carbonyl (C=O) groups is 1. The van der Waals surface area contributed by atoms with E-state index in [9.17, 15) is 9.18 Å². The maximum Gasteiger partial charge on any atom is 0.227 e. The van der Waals surface area contributed by atoms with Gasteiger partial charge in [0.05, 0.1) is 36.5 Å². The lowest BCUT2D eigenvalue weighted by atomic mass is 9.90. The molecule has 0 bridgehead atoms. The van der Waals surface area contributed by atoms with Crippen LogP contribution in [0.4, 0.5) is 10.3 Å². The third-order valence-corrected chi connectivity index (χ3v) is 8.99. The molecular weight excluding hydrogens is 517 g/mol. The third kappa shape index (κ3) is 5.76. The van der Waals surface area contributed by atoms with E-state index in [0.29, 0.717) is 35.4 Å². The Morgan fingerprint density at radius 2 is 1.92 bits per heavy atom. The van der Waals surface area contributed by atoms with Crippen LogP contribution in [0, 0.1) is 23.6 Å². The van der Waals surface area contributed by atoms with Crippen molar-refractivity contribution in [2.45, 2.75) is 51.6 Å². The minimum Gasteiger partial charge on any atom is -0.493 e. The molecule has 3 atom stereocenters. The minimum absolute atomic E-state index is 0.0109. The van der Waals surface area contributed by atoms with Crippen LogP contribution in [0.15, 0.2) is 48.9 Å². The molecule has 7 nitrogen and oxygen atoms in total. The average Bonchev–Trinajstić information content (AvgIpc) is 3.54. The number of ether oxygens (including phenoxy) is 1. The summed E-state index contributed by atoms with van der Waals surface area (Å²) in [6, 6.07) is 8.94. The van der Waals surface area contributed by atoms with Crippen molar-refractivity contribution in [2.75, 3.05) is 31.1 Å². The summed E-state index contributed by atoms with van der Waals surface area (Å²) < 4.78 is 22.9. The smallest absolute Gasteiger partial charge is 0.227 e. The Balaban J connectivity index is 0.933. The SMILES string of the molecule is CC1c2cccn2CCN1C(=O)Cc1ccc(OCC[C@@H]2CC2C2CCN(c3ncc(Cl)cn3)CC2)cc1F. The molecule has 6 rings (SSSR count). The third-order valence-electron chi connectivity index (χ3n) is 8.80. The number of anilines is 1. The van der Waals surface area contributed by atoms with Gasteiger partial charge in [0.2, 0.25) is 11.9 Å². The first-order chi connectivity index (χ1) is 19.0. The first kappa shape index (κ1) is 26.1. The van der Waals surface area contributed by atoms with E-state index in [1.807, 2.05) is 30.2 Å². The number of hydrogen-bond acceptors (Lipinski definition) is 5. The number of benzene rings is 1. The lowest BCUT2D eigenvalue weighted by Gasteiger charge is -2.35. The van der Waals surface area contributed by atoms with Gasteiger partial charge in [0.15, 0.2) is 0 Å². The van der Waals surface area contributed by atoms with Gasteiger partial charge in [-0.15, -0.1) is 0 Å². The van der Waals surface area contributed by atoms with Gasteiger partial charge in [0, 0.05) is 44.1 Å². The molecule has 1 saturated heterocycles. The number of nitrogens with zero attached hydrogens (tertiary/aromatic N) is 5. The molecule has 2 aromatic heterocycles. The first-order valence-electron chi connectivity index (χ1n) is 14.0. The summed E-state index contributed by atoms with van der Waals surface area (Å²) in [6.07, 6.45) is 9.95. The Labute approximate surface area is 233 Å². The van der Waals surface area contributed by atoms with Gasteiger partial charge in [0.25, 0.3) is 0 Å². The van der Waals surface area contributed by atoms with Crippen molar-refractivity contribution in [1.29, 1.82) is 0 Å². The Morgan fingerprint density at radius 1 is 1.13 bits per heavy atom. The van der Waals surface area contributed by atoms with Gasteiger partial charge in [-0.05, 0) is 74.1 Å². The molecule has 0 spiro atoms. The first-order valence-corrected chi connectivity index (χ1v) is 14.4. The second kappa shape index (κ2) is 11.2. The number of aromatic nitrogens is 3. The quantitative estimate of drug-likeness (QED) is 0.368. The highest BCUT2D eigenvalue weighted by atomic mass is 35.5. The molecule has 2 unspecified atom stereocenters. The van der Waals surface area contributed by atoms with Gasteiger partial charge in [-0.25, -0.2) is 14.4 Å². The normalized spacial score (nSPS) is 23.0. The van der Waals surface area contributed by atoms with Crippen LogP contribution in [0.2, 0.25) is 5.02 Å². The lowest BCUT2D eigenvalue weighted by Crippen LogP contribution is -2.41. The van der Waals surface area contributed by atoms with Crippen LogP contribution in [0.25, 0.3) is 0 Å². The predicted molar refractivity (Wildman–Crippen MR) is 148 cm³/mol. The van der Waals surface area contributed by atoms with E-state index in [1.165, 1.54) is 12.5 Å². The summed E-state index contributed by atoms with van der Waals surface area (Å²) in [7, 11) is 0. The lowest BCUT2D eigenvalue weighted by molar-refractivity contribution is -0.133. The predicted octanol–water partition coefficient (Wildman–Crippen LogP) is 5.54. The fraction of sp³-hybridized carbons (Fsp3) is 0.500. The summed E-state index contributed by atoms with van der Waals surface area (Å²) in [4.78, 5) is 25.8. The number of carbonyl (C=O) groups excluding carboxylic acids is 1. The van der Waals surface area contributed by atoms with Crippen LogP contribution >= 0.6 is 11.6 Å². The van der Waals surface area contributed by atoms with Crippen molar-refractivity contribution in [2.24, 2.45) is 17.8 Å². The summed E-state index contributed by atoms with van der Waals surface area (Å²) >= 11 is 5.91. The Bertz CT molecular complexity index is 1310. The number of rotatable bonds is 8. The second-order valence-electron chi connectivity index (χ2n) is 11.1. The number of piperidine rings is 1. The van der Waals surface area contributed by atoms with E-state index in [0.717, 1.165) is 62.4 Å². The molecule has 2 fully saturated rings. The van der Waals surface area contributed by atoms with Gasteiger partial charge in [-0.3, -0.25) is 4.79 Å². The molecule has 3 aliphatic rings. The van der Waals surface area contributed by atoms with Crippen molar-refractivity contribution in [1.82, 2.24) is 19.4 Å². The Kier molecular flexibility index (Phi) is 7.47. The largest absolute Gasteiger partial charge is 0.493 e. The molecule has 39 heavy (non-hydrogen) atoms. The van der Waals surface area contributed by atoms with Crippen LogP contribution in [0.5, 0.6) is 5.75 Å². The maximum absolute atomic E-state index is 14.9. The van der Waals surface area contributed by atoms with Gasteiger partial charge in [0.1, 0.15) is 11.6 Å². The zero-order chi connectivity index (χ0) is 26.9. The molecule has 0 N–H and O–H groups in total. The molecule has 2 aliphatic heterocycles. The number of amides is 1. The van der Waals surface area contributed by atoms with E-state index in [-0.39, 0.29) is 24.2 Å². The molecule has 206 valence electrons. The van der Waals surface area contributed by atoms with Gasteiger partial charge in [-0.2, -0.15) is 0 Å². The molecule has 1 amide bonds. The summed E-state index contributed by atoms with van der Waals surface area (Å²) in [5, 5.41) is 0.560. The van der Waals surface area contributed by atoms with Crippen LogP contribution in [-0.2, 0) is 17.8 Å². The highest BCUT2D eigenvalue weighted by Crippen LogP contribution is 2.49. The topological polar surface area (TPSA) is 63.5 Å². The molecular formula is C30H35ClFN5O2. The zero-order valence-corrected chi connectivity index (χ0v) is 23.1. The van der Waals surface area contributed by atoms with Crippen LogP contribution < -0.4 is 9.64 Å². The van der Waals surface area contributed by atoms with Gasteiger partial charge >= 0.3 is 0 Å². The summed E-state index contributed by atoms with van der Waals surface area (Å²) in [5.74, 6) is 3.04. The Morgan fingerprint density at radius 3 is 2.69 bits per heavy atom. The van der Waals surface area contributed by atoms with E-state index in [4.69, 9.17) is 16.3 Å².